The number of aliphatic hydroxyl groups is 1. The van der Waals surface area contributed by atoms with Crippen LogP contribution in [0.2, 0.25) is 0 Å². The van der Waals surface area contributed by atoms with Crippen LogP contribution in [0.5, 0.6) is 5.75 Å². The Morgan fingerprint density at radius 1 is 1.18 bits per heavy atom. The zero-order valence-electron chi connectivity index (χ0n) is 22.2. The predicted molar refractivity (Wildman–Crippen MR) is 142 cm³/mol. The van der Waals surface area contributed by atoms with Crippen molar-refractivity contribution in [2.24, 2.45) is 5.41 Å². The molecule has 1 atom stereocenters. The maximum Gasteiger partial charge on any atom is 0.303 e. The number of hydrogen-bond acceptors (Lipinski definition) is 6. The van der Waals surface area contributed by atoms with Gasteiger partial charge >= 0.3 is 5.97 Å². The first kappa shape index (κ1) is 29.5. The fourth-order valence-corrected chi connectivity index (χ4v) is 5.58. The number of benzene rings is 2. The third-order valence-electron chi connectivity index (χ3n) is 7.80. The molecule has 4 rings (SSSR count). The van der Waals surface area contributed by atoms with E-state index in [1.165, 1.54) is 13.3 Å². The molecule has 1 aromatic heterocycles. The minimum atomic E-state index is -1.03. The van der Waals surface area contributed by atoms with Crippen molar-refractivity contribution in [3.63, 3.8) is 0 Å². The molecule has 0 unspecified atom stereocenters. The van der Waals surface area contributed by atoms with Crippen molar-refractivity contribution in [3.05, 3.63) is 65.1 Å². The van der Waals surface area contributed by atoms with E-state index in [0.717, 1.165) is 0 Å². The first-order chi connectivity index (χ1) is 19.1. The van der Waals surface area contributed by atoms with Crippen LogP contribution in [0.4, 0.5) is 23.2 Å². The van der Waals surface area contributed by atoms with Gasteiger partial charge in [-0.05, 0) is 68.0 Å². The Kier molecular flexibility index (Phi) is 9.47. The highest BCUT2D eigenvalue weighted by molar-refractivity contribution is 5.85. The lowest BCUT2D eigenvalue weighted by atomic mass is 9.71. The smallest absolute Gasteiger partial charge is 0.303 e. The summed E-state index contributed by atoms with van der Waals surface area (Å²) in [5.74, 6) is -3.39. The van der Waals surface area contributed by atoms with Crippen LogP contribution < -0.4 is 10.1 Å². The van der Waals surface area contributed by atoms with Gasteiger partial charge in [0.15, 0.2) is 11.6 Å². The highest BCUT2D eigenvalue weighted by atomic mass is 19.1. The second-order valence-electron chi connectivity index (χ2n) is 10.4. The van der Waals surface area contributed by atoms with E-state index in [1.807, 2.05) is 0 Å². The number of rotatable bonds is 12. The quantitative estimate of drug-likeness (QED) is 0.247. The zero-order chi connectivity index (χ0) is 28.9. The Morgan fingerprint density at radius 3 is 2.50 bits per heavy atom. The van der Waals surface area contributed by atoms with Crippen molar-refractivity contribution in [3.8, 4) is 5.75 Å². The summed E-state index contributed by atoms with van der Waals surface area (Å²) in [5, 5.41) is 24.1. The molecule has 11 heteroatoms. The summed E-state index contributed by atoms with van der Waals surface area (Å²) in [5.41, 5.74) is 0.344. The third-order valence-corrected chi connectivity index (χ3v) is 7.80. The van der Waals surface area contributed by atoms with E-state index in [1.54, 1.807) is 18.2 Å². The molecule has 7 nitrogen and oxygen atoms in total. The van der Waals surface area contributed by atoms with Crippen LogP contribution in [0, 0.1) is 22.9 Å². The number of halogens is 4. The van der Waals surface area contributed by atoms with Gasteiger partial charge in [0.05, 0.1) is 25.2 Å². The minimum Gasteiger partial charge on any atom is -0.497 e. The lowest BCUT2D eigenvalue weighted by molar-refractivity contribution is -0.141. The minimum absolute atomic E-state index is 0.0707. The number of carbonyl (C=O) groups is 1. The van der Waals surface area contributed by atoms with Crippen molar-refractivity contribution in [2.75, 3.05) is 38.6 Å². The lowest BCUT2D eigenvalue weighted by Gasteiger charge is -2.41. The van der Waals surface area contributed by atoms with Gasteiger partial charge < -0.3 is 25.2 Å². The van der Waals surface area contributed by atoms with Gasteiger partial charge in [-0.25, -0.2) is 17.6 Å². The number of nitrogens with zero attached hydrogens (tertiary/aromatic N) is 2. The van der Waals surface area contributed by atoms with E-state index >= 15 is 0 Å². The summed E-state index contributed by atoms with van der Waals surface area (Å²) in [6.07, 6.45) is 2.06. The molecule has 216 valence electrons. The largest absolute Gasteiger partial charge is 0.497 e. The number of alkyl halides is 1. The van der Waals surface area contributed by atoms with E-state index in [-0.39, 0.29) is 30.6 Å². The Morgan fingerprint density at radius 2 is 1.88 bits per heavy atom. The molecule has 0 amide bonds. The maximum absolute atomic E-state index is 13.9. The summed E-state index contributed by atoms with van der Waals surface area (Å²) in [4.78, 5) is 18.1. The van der Waals surface area contributed by atoms with Crippen LogP contribution in [0.1, 0.15) is 49.3 Å². The Labute approximate surface area is 229 Å². The summed E-state index contributed by atoms with van der Waals surface area (Å²) in [7, 11) is 1.52. The molecular formula is C29H33F4N3O4. The number of piperidine rings is 1. The SMILES string of the molecule is COc1ccc2ncc(CF)c([C@@H](O)CCC3(CC(=O)O)CCN(CCNc4c(F)cc(F)cc4F)CC3)c2c1. The Bertz CT molecular complexity index is 1320. The second-order valence-corrected chi connectivity index (χ2v) is 10.4. The van der Waals surface area contributed by atoms with E-state index in [2.05, 4.69) is 15.2 Å². The van der Waals surface area contributed by atoms with E-state index in [9.17, 15) is 32.6 Å². The van der Waals surface area contributed by atoms with Gasteiger partial charge in [-0.1, -0.05) is 0 Å². The van der Waals surface area contributed by atoms with Gasteiger partial charge in [0.2, 0.25) is 0 Å². The van der Waals surface area contributed by atoms with Crippen LogP contribution in [-0.2, 0) is 11.5 Å². The van der Waals surface area contributed by atoms with Gasteiger partial charge in [0, 0.05) is 42.4 Å². The first-order valence-corrected chi connectivity index (χ1v) is 13.2. The van der Waals surface area contributed by atoms with Crippen molar-refractivity contribution in [2.45, 2.75) is 44.9 Å². The Hall–Kier alpha value is -3.44. The summed E-state index contributed by atoms with van der Waals surface area (Å²) in [6, 6.07) is 6.41. The number of ether oxygens (including phenoxy) is 1. The molecule has 3 N–H and O–H groups in total. The number of likely N-dealkylation sites (tertiary alicyclic amines) is 1. The molecular weight excluding hydrogens is 530 g/mol. The number of carboxylic acids is 1. The number of aliphatic hydroxyl groups excluding tert-OH is 1. The summed E-state index contributed by atoms with van der Waals surface area (Å²) < 4.78 is 60.1. The highest BCUT2D eigenvalue weighted by Crippen LogP contribution is 2.42. The van der Waals surface area contributed by atoms with Gasteiger partial charge in [-0.3, -0.25) is 9.78 Å². The molecule has 40 heavy (non-hydrogen) atoms. The van der Waals surface area contributed by atoms with Gasteiger partial charge in [-0.2, -0.15) is 0 Å². The molecule has 2 heterocycles. The average molecular weight is 564 g/mol. The molecule has 0 spiro atoms. The molecule has 2 aromatic carbocycles. The number of methoxy groups -OCH3 is 1. The van der Waals surface area contributed by atoms with Crippen molar-refractivity contribution >= 4 is 22.6 Å². The lowest BCUT2D eigenvalue weighted by Crippen LogP contribution is -2.43. The Balaban J connectivity index is 1.41. The standard InChI is InChI=1S/C29H33F4N3O4/c1-40-20-2-3-24-21(14-20)27(18(16-30)17-35-24)25(37)4-5-29(15-26(38)39)6-9-36(10-7-29)11-8-34-28-22(32)12-19(31)13-23(28)33/h2-3,12-14,17,25,34,37H,4-11,15-16H2,1H3,(H,38,39)/t25-/m0/s1. The summed E-state index contributed by atoms with van der Waals surface area (Å²) in [6.45, 7) is 0.984. The monoisotopic (exact) mass is 563 g/mol. The van der Waals surface area contributed by atoms with Crippen LogP contribution >= 0.6 is 0 Å². The average Bonchev–Trinajstić information content (AvgIpc) is 2.92. The normalized spacial score (nSPS) is 16.1. The second kappa shape index (κ2) is 12.8. The van der Waals surface area contributed by atoms with E-state index in [4.69, 9.17) is 4.74 Å². The van der Waals surface area contributed by atoms with Crippen molar-refractivity contribution in [1.29, 1.82) is 0 Å². The molecule has 1 fully saturated rings. The first-order valence-electron chi connectivity index (χ1n) is 13.2. The van der Waals surface area contributed by atoms with Crippen LogP contribution in [0.15, 0.2) is 36.5 Å². The molecule has 1 aliphatic rings. The molecule has 0 bridgehead atoms. The van der Waals surface area contributed by atoms with Crippen LogP contribution in [0.25, 0.3) is 10.9 Å². The van der Waals surface area contributed by atoms with E-state index in [0.29, 0.717) is 73.2 Å². The molecule has 1 saturated heterocycles. The van der Waals surface area contributed by atoms with Crippen molar-refractivity contribution < 1.29 is 37.3 Å². The van der Waals surface area contributed by atoms with Gasteiger partial charge in [0.1, 0.15) is 23.9 Å². The fraction of sp³-hybridized carbons (Fsp3) is 0.448. The molecule has 3 aromatic rings. The fourth-order valence-electron chi connectivity index (χ4n) is 5.58. The molecule has 0 saturated carbocycles. The zero-order valence-corrected chi connectivity index (χ0v) is 22.2. The van der Waals surface area contributed by atoms with Gasteiger partial charge in [0.25, 0.3) is 0 Å². The maximum atomic E-state index is 13.9. The molecule has 1 aliphatic heterocycles. The number of fused-ring (bicyclic) bond motifs is 1. The summed E-state index contributed by atoms with van der Waals surface area (Å²) >= 11 is 0. The number of nitrogens with one attached hydrogen (secondary N) is 1. The topological polar surface area (TPSA) is 94.9 Å². The highest BCUT2D eigenvalue weighted by Gasteiger charge is 2.37. The number of pyridine rings is 1. The number of aromatic nitrogens is 1. The number of anilines is 1. The number of carboxylic acid groups (broad SMARTS) is 1. The molecule has 0 radical (unpaired) electrons. The van der Waals surface area contributed by atoms with Crippen LogP contribution in [-0.4, -0.2) is 59.4 Å². The number of hydrogen-bond donors (Lipinski definition) is 3. The van der Waals surface area contributed by atoms with Crippen molar-refractivity contribution in [1.82, 2.24) is 9.88 Å². The number of aliphatic carboxylic acids is 1. The van der Waals surface area contributed by atoms with E-state index < -0.39 is 41.6 Å². The molecule has 0 aliphatic carbocycles. The van der Waals surface area contributed by atoms with Crippen LogP contribution in [0.3, 0.4) is 0 Å². The van der Waals surface area contributed by atoms with Gasteiger partial charge in [-0.15, -0.1) is 0 Å². The predicted octanol–water partition coefficient (Wildman–Crippen LogP) is 5.61. The third kappa shape index (κ3) is 6.82.